The largest absolute Gasteiger partial charge is 0.480 e. The molecular formula is C11H20N2O3. The molecule has 0 bridgehead atoms. The fourth-order valence-electron chi connectivity index (χ4n) is 2.15. The third-order valence-electron chi connectivity index (χ3n) is 3.06. The van der Waals surface area contributed by atoms with Crippen molar-refractivity contribution in [3.63, 3.8) is 0 Å². The van der Waals surface area contributed by atoms with Gasteiger partial charge in [-0.15, -0.1) is 0 Å². The second kappa shape index (κ2) is 5.72. The molecule has 0 aliphatic heterocycles. The number of carbonyl (C=O) groups is 2. The second-order valence-corrected chi connectivity index (χ2v) is 4.29. The number of carboxylic acids is 1. The third-order valence-corrected chi connectivity index (χ3v) is 3.06. The number of hydrogen-bond donors (Lipinski definition) is 3. The number of aliphatic carboxylic acids is 1. The van der Waals surface area contributed by atoms with E-state index >= 15 is 0 Å². The maximum Gasteiger partial charge on any atom is 0.329 e. The zero-order valence-electron chi connectivity index (χ0n) is 9.71. The van der Waals surface area contributed by atoms with E-state index in [-0.39, 0.29) is 6.03 Å². The van der Waals surface area contributed by atoms with E-state index in [2.05, 4.69) is 10.6 Å². The highest BCUT2D eigenvalue weighted by molar-refractivity contribution is 5.86. The molecule has 0 aromatic carbocycles. The van der Waals surface area contributed by atoms with Crippen LogP contribution in [0, 0.1) is 0 Å². The fourth-order valence-corrected chi connectivity index (χ4v) is 2.15. The molecule has 92 valence electrons. The van der Waals surface area contributed by atoms with Crippen molar-refractivity contribution in [2.75, 3.05) is 6.54 Å². The molecule has 1 aliphatic rings. The van der Waals surface area contributed by atoms with Crippen LogP contribution >= 0.6 is 0 Å². The molecule has 1 aliphatic carbocycles. The Morgan fingerprint density at radius 2 is 1.75 bits per heavy atom. The van der Waals surface area contributed by atoms with Crippen LogP contribution < -0.4 is 10.6 Å². The summed E-state index contributed by atoms with van der Waals surface area (Å²) in [6.07, 6.45) is 4.87. The Labute approximate surface area is 95.6 Å². The van der Waals surface area contributed by atoms with Crippen LogP contribution in [0.15, 0.2) is 0 Å². The third kappa shape index (κ3) is 3.12. The summed E-state index contributed by atoms with van der Waals surface area (Å²) in [7, 11) is 0. The van der Waals surface area contributed by atoms with Gasteiger partial charge in [0.25, 0.3) is 0 Å². The molecule has 0 spiro atoms. The SMILES string of the molecule is CCNC(=O)NC1(C(=O)O)CCCCCC1. The van der Waals surface area contributed by atoms with Gasteiger partial charge in [-0.2, -0.15) is 0 Å². The van der Waals surface area contributed by atoms with Crippen LogP contribution in [0.2, 0.25) is 0 Å². The Bertz CT molecular complexity index is 258. The predicted octanol–water partition coefficient (Wildman–Crippen LogP) is 1.48. The molecule has 0 aromatic rings. The standard InChI is InChI=1S/C11H20N2O3/c1-2-12-10(16)13-11(9(14)15)7-5-3-4-6-8-11/h2-8H2,1H3,(H,14,15)(H2,12,13,16). The normalized spacial score (nSPS) is 19.6. The zero-order valence-corrected chi connectivity index (χ0v) is 9.71. The molecule has 0 atom stereocenters. The van der Waals surface area contributed by atoms with Crippen molar-refractivity contribution in [3.8, 4) is 0 Å². The summed E-state index contributed by atoms with van der Waals surface area (Å²) in [6, 6.07) is -0.383. The van der Waals surface area contributed by atoms with Gasteiger partial charge in [-0.3, -0.25) is 0 Å². The molecule has 16 heavy (non-hydrogen) atoms. The minimum atomic E-state index is -1.06. The smallest absolute Gasteiger partial charge is 0.329 e. The first-order valence-electron chi connectivity index (χ1n) is 5.90. The number of carboxylic acid groups (broad SMARTS) is 1. The highest BCUT2D eigenvalue weighted by Gasteiger charge is 2.39. The minimum Gasteiger partial charge on any atom is -0.480 e. The van der Waals surface area contributed by atoms with Crippen LogP contribution in [0.3, 0.4) is 0 Å². The van der Waals surface area contributed by atoms with Crippen LogP contribution in [0.25, 0.3) is 0 Å². The predicted molar refractivity (Wildman–Crippen MR) is 60.3 cm³/mol. The first kappa shape index (κ1) is 12.8. The number of nitrogens with one attached hydrogen (secondary N) is 2. The highest BCUT2D eigenvalue weighted by atomic mass is 16.4. The van der Waals surface area contributed by atoms with Gasteiger partial charge < -0.3 is 15.7 Å². The Balaban J connectivity index is 2.70. The van der Waals surface area contributed by atoms with Gasteiger partial charge >= 0.3 is 12.0 Å². The summed E-state index contributed by atoms with van der Waals surface area (Å²) in [6.45, 7) is 2.31. The molecule has 1 fully saturated rings. The molecule has 0 unspecified atom stereocenters. The lowest BCUT2D eigenvalue weighted by Crippen LogP contribution is -2.56. The molecule has 0 aromatic heterocycles. The second-order valence-electron chi connectivity index (χ2n) is 4.29. The summed E-state index contributed by atoms with van der Waals surface area (Å²) in [5.41, 5.74) is -1.06. The number of amides is 2. The van der Waals surface area contributed by atoms with Crippen molar-refractivity contribution in [3.05, 3.63) is 0 Å². The van der Waals surface area contributed by atoms with Crippen molar-refractivity contribution < 1.29 is 14.7 Å². The maximum absolute atomic E-state index is 11.4. The summed E-state index contributed by atoms with van der Waals surface area (Å²) < 4.78 is 0. The Kier molecular flexibility index (Phi) is 4.58. The van der Waals surface area contributed by atoms with Crippen molar-refractivity contribution in [1.29, 1.82) is 0 Å². The lowest BCUT2D eigenvalue weighted by atomic mass is 9.90. The van der Waals surface area contributed by atoms with Gasteiger partial charge in [0.05, 0.1) is 0 Å². The summed E-state index contributed by atoms with van der Waals surface area (Å²) in [5.74, 6) is -0.916. The van der Waals surface area contributed by atoms with Gasteiger partial charge in [0.1, 0.15) is 5.54 Å². The molecule has 5 nitrogen and oxygen atoms in total. The van der Waals surface area contributed by atoms with E-state index in [0.29, 0.717) is 19.4 Å². The van der Waals surface area contributed by atoms with Gasteiger partial charge in [0, 0.05) is 6.54 Å². The summed E-state index contributed by atoms with van der Waals surface area (Å²) in [4.78, 5) is 22.8. The van der Waals surface area contributed by atoms with Crippen LogP contribution in [0.5, 0.6) is 0 Å². The molecule has 5 heteroatoms. The number of hydrogen-bond acceptors (Lipinski definition) is 2. The van der Waals surface area contributed by atoms with Crippen LogP contribution in [0.1, 0.15) is 45.4 Å². The molecule has 2 amide bonds. The summed E-state index contributed by atoms with van der Waals surface area (Å²) >= 11 is 0. The van der Waals surface area contributed by atoms with Crippen molar-refractivity contribution >= 4 is 12.0 Å². The fraction of sp³-hybridized carbons (Fsp3) is 0.818. The molecular weight excluding hydrogens is 208 g/mol. The number of urea groups is 1. The molecule has 1 saturated carbocycles. The quantitative estimate of drug-likeness (QED) is 0.640. The monoisotopic (exact) mass is 228 g/mol. The topological polar surface area (TPSA) is 78.4 Å². The molecule has 0 radical (unpaired) electrons. The first-order chi connectivity index (χ1) is 7.60. The van der Waals surface area contributed by atoms with Gasteiger partial charge in [-0.1, -0.05) is 25.7 Å². The van der Waals surface area contributed by atoms with Crippen molar-refractivity contribution in [1.82, 2.24) is 10.6 Å². The van der Waals surface area contributed by atoms with E-state index in [1.807, 2.05) is 0 Å². The number of rotatable bonds is 3. The van der Waals surface area contributed by atoms with E-state index in [1.165, 1.54) is 0 Å². The highest BCUT2D eigenvalue weighted by Crippen LogP contribution is 2.27. The minimum absolute atomic E-state index is 0.383. The molecule has 0 heterocycles. The van der Waals surface area contributed by atoms with Gasteiger partial charge in [-0.25, -0.2) is 9.59 Å². The van der Waals surface area contributed by atoms with Crippen LogP contribution in [-0.4, -0.2) is 29.2 Å². The van der Waals surface area contributed by atoms with E-state index < -0.39 is 11.5 Å². The van der Waals surface area contributed by atoms with Gasteiger partial charge in [-0.05, 0) is 19.8 Å². The average molecular weight is 228 g/mol. The lowest BCUT2D eigenvalue weighted by Gasteiger charge is -2.29. The lowest BCUT2D eigenvalue weighted by molar-refractivity contribution is -0.145. The van der Waals surface area contributed by atoms with E-state index in [0.717, 1.165) is 25.7 Å². The molecule has 0 saturated heterocycles. The number of carbonyl (C=O) groups excluding carboxylic acids is 1. The van der Waals surface area contributed by atoms with Gasteiger partial charge in [0.2, 0.25) is 0 Å². The molecule has 3 N–H and O–H groups in total. The zero-order chi connectivity index (χ0) is 12.0. The van der Waals surface area contributed by atoms with Crippen LogP contribution in [0.4, 0.5) is 4.79 Å². The van der Waals surface area contributed by atoms with Crippen molar-refractivity contribution in [2.24, 2.45) is 0 Å². The van der Waals surface area contributed by atoms with Gasteiger partial charge in [0.15, 0.2) is 0 Å². The average Bonchev–Trinajstić information content (AvgIpc) is 2.44. The van der Waals surface area contributed by atoms with Crippen LogP contribution in [-0.2, 0) is 4.79 Å². The maximum atomic E-state index is 11.4. The summed E-state index contributed by atoms with van der Waals surface area (Å²) in [5, 5.41) is 14.5. The first-order valence-corrected chi connectivity index (χ1v) is 5.90. The van der Waals surface area contributed by atoms with E-state index in [1.54, 1.807) is 6.92 Å². The van der Waals surface area contributed by atoms with E-state index in [4.69, 9.17) is 0 Å². The van der Waals surface area contributed by atoms with Crippen molar-refractivity contribution in [2.45, 2.75) is 51.0 Å². The Hall–Kier alpha value is -1.26. The molecule has 1 rings (SSSR count). The Morgan fingerprint density at radius 3 is 2.19 bits per heavy atom. The van der Waals surface area contributed by atoms with E-state index in [9.17, 15) is 14.7 Å². The Morgan fingerprint density at radius 1 is 1.19 bits per heavy atom.